The second kappa shape index (κ2) is 29.4. The molecule has 0 aliphatic heterocycles. The van der Waals surface area contributed by atoms with Crippen LogP contribution in [0.4, 0.5) is 0 Å². The maximum atomic E-state index is 11.0. The fourth-order valence-corrected chi connectivity index (χ4v) is 1.41. The fraction of sp³-hybridized carbons (Fsp3) is 0.609. The average molecular weight is 509 g/mol. The van der Waals surface area contributed by atoms with Crippen LogP contribution in [-0.2, 0) is 42.8 Å². The summed E-state index contributed by atoms with van der Waals surface area (Å²) in [6, 6.07) is 0. The van der Waals surface area contributed by atoms with Gasteiger partial charge in [0.25, 0.3) is 0 Å². The lowest BCUT2D eigenvalue weighted by atomic mass is 10.4. The lowest BCUT2D eigenvalue weighted by Gasteiger charge is -2.07. The molecule has 0 atom stereocenters. The Morgan fingerprint density at radius 1 is 0.629 bits per heavy atom. The Kier molecular flexibility index (Phi) is 31.1. The summed E-state index contributed by atoms with van der Waals surface area (Å²) >= 11 is 0. The van der Waals surface area contributed by atoms with E-state index >= 15 is 0 Å². The highest BCUT2D eigenvalue weighted by Gasteiger charge is 2.02. The molecule has 0 unspecified atom stereocenters. The van der Waals surface area contributed by atoms with Gasteiger partial charge in [-0.3, -0.25) is 0 Å². The minimum absolute atomic E-state index is 0.0194. The SMILES string of the molecule is C=C(C)C(=O)OCCOCCO.C=C(C)C(=O)OCCOCCOCCOCCO.C=CC(=O)O. The maximum Gasteiger partial charge on any atom is 0.333 e. The van der Waals surface area contributed by atoms with E-state index in [0.717, 1.165) is 6.08 Å². The smallest absolute Gasteiger partial charge is 0.333 e. The fourth-order valence-electron chi connectivity index (χ4n) is 1.41. The number of carbonyl (C=O) groups is 3. The van der Waals surface area contributed by atoms with Crippen molar-refractivity contribution >= 4 is 17.9 Å². The summed E-state index contributed by atoms with van der Waals surface area (Å²) in [5, 5.41) is 24.4. The summed E-state index contributed by atoms with van der Waals surface area (Å²) in [5.74, 6) is -1.80. The van der Waals surface area contributed by atoms with Crippen LogP contribution in [-0.4, -0.2) is 113 Å². The van der Waals surface area contributed by atoms with Crippen molar-refractivity contribution < 1.29 is 58.1 Å². The minimum Gasteiger partial charge on any atom is -0.478 e. The third-order valence-corrected chi connectivity index (χ3v) is 3.01. The van der Waals surface area contributed by atoms with E-state index < -0.39 is 17.9 Å². The summed E-state index contributed by atoms with van der Waals surface area (Å²) in [4.78, 5) is 31.0. The molecule has 0 aromatic rings. The Labute approximate surface area is 206 Å². The van der Waals surface area contributed by atoms with Crippen molar-refractivity contribution in [1.82, 2.24) is 0 Å². The molecule has 12 heteroatoms. The van der Waals surface area contributed by atoms with Crippen molar-refractivity contribution in [2.45, 2.75) is 13.8 Å². The molecule has 12 nitrogen and oxygen atoms in total. The molecule has 3 N–H and O–H groups in total. The van der Waals surface area contributed by atoms with Crippen LogP contribution in [0.15, 0.2) is 37.0 Å². The monoisotopic (exact) mass is 508 g/mol. The standard InChI is InChI=1S/C12H22O6.C8H14O4.C3H4O2/c1-11(2)12(14)18-10-9-17-8-7-16-6-5-15-4-3-13;1-7(2)8(10)12-6-5-11-4-3-9;1-2-3(4)5/h13H,1,3-10H2,2H3;9H,1,3-6H2,2H3;2H,1H2,(H,4,5). The Morgan fingerprint density at radius 3 is 1.11 bits per heavy atom. The summed E-state index contributed by atoms with van der Waals surface area (Å²) in [7, 11) is 0. The number of hydrogen-bond donors (Lipinski definition) is 3. The van der Waals surface area contributed by atoms with Gasteiger partial charge < -0.3 is 43.7 Å². The maximum absolute atomic E-state index is 11.0. The molecule has 0 spiro atoms. The average Bonchev–Trinajstić information content (AvgIpc) is 2.82. The van der Waals surface area contributed by atoms with E-state index in [1.165, 1.54) is 0 Å². The molecule has 0 heterocycles. The van der Waals surface area contributed by atoms with E-state index in [1.807, 2.05) is 0 Å². The highest BCUT2D eigenvalue weighted by molar-refractivity contribution is 5.87. The van der Waals surface area contributed by atoms with Gasteiger partial charge >= 0.3 is 17.9 Å². The van der Waals surface area contributed by atoms with E-state index in [2.05, 4.69) is 19.7 Å². The van der Waals surface area contributed by atoms with Crippen molar-refractivity contribution in [3.8, 4) is 0 Å². The van der Waals surface area contributed by atoms with Crippen LogP contribution in [0.3, 0.4) is 0 Å². The van der Waals surface area contributed by atoms with Crippen molar-refractivity contribution in [3.05, 3.63) is 37.0 Å². The van der Waals surface area contributed by atoms with Gasteiger partial charge in [-0.2, -0.15) is 0 Å². The number of carbonyl (C=O) groups excluding carboxylic acids is 2. The van der Waals surface area contributed by atoms with Crippen LogP contribution in [0, 0.1) is 0 Å². The molecule has 35 heavy (non-hydrogen) atoms. The first-order chi connectivity index (χ1) is 16.6. The first-order valence-electron chi connectivity index (χ1n) is 10.7. The molecular weight excluding hydrogens is 468 g/mol. The molecule has 0 saturated carbocycles. The number of rotatable bonds is 19. The predicted octanol–water partition coefficient (Wildman–Crippen LogP) is 0.519. The van der Waals surface area contributed by atoms with Crippen molar-refractivity contribution in [3.63, 3.8) is 0 Å². The van der Waals surface area contributed by atoms with Crippen LogP contribution < -0.4 is 0 Å². The Hall–Kier alpha value is -2.61. The summed E-state index contributed by atoms with van der Waals surface area (Å²) in [6.07, 6.45) is 0.833. The molecule has 0 aromatic carbocycles. The molecule has 0 rings (SSSR count). The molecule has 0 amide bonds. The molecule has 0 radical (unpaired) electrons. The number of esters is 2. The third kappa shape index (κ3) is 36.1. The number of carboxylic acids is 1. The summed E-state index contributed by atoms with van der Waals surface area (Å²) < 4.78 is 29.8. The molecule has 0 saturated heterocycles. The number of carboxylic acid groups (broad SMARTS) is 1. The van der Waals surface area contributed by atoms with Crippen molar-refractivity contribution in [2.75, 3.05) is 79.3 Å². The van der Waals surface area contributed by atoms with E-state index in [4.69, 9.17) is 43.7 Å². The van der Waals surface area contributed by atoms with Gasteiger partial charge in [-0.15, -0.1) is 0 Å². The molecule has 0 aliphatic carbocycles. The molecule has 0 aromatic heterocycles. The first-order valence-corrected chi connectivity index (χ1v) is 10.7. The molecule has 204 valence electrons. The Morgan fingerprint density at radius 2 is 0.886 bits per heavy atom. The van der Waals surface area contributed by atoms with Crippen LogP contribution >= 0.6 is 0 Å². The first kappa shape index (κ1) is 36.9. The zero-order valence-electron chi connectivity index (χ0n) is 20.7. The van der Waals surface area contributed by atoms with Crippen LogP contribution in [0.1, 0.15) is 13.8 Å². The van der Waals surface area contributed by atoms with Gasteiger partial charge in [-0.05, 0) is 13.8 Å². The van der Waals surface area contributed by atoms with E-state index in [-0.39, 0.29) is 33.0 Å². The van der Waals surface area contributed by atoms with Gasteiger partial charge in [0.1, 0.15) is 13.2 Å². The zero-order chi connectivity index (χ0) is 27.3. The number of aliphatic hydroxyl groups excluding tert-OH is 2. The lowest BCUT2D eigenvalue weighted by molar-refractivity contribution is -0.141. The topological polar surface area (TPSA) is 167 Å². The van der Waals surface area contributed by atoms with Crippen molar-refractivity contribution in [1.29, 1.82) is 0 Å². The number of ether oxygens (including phenoxy) is 6. The van der Waals surface area contributed by atoms with Gasteiger partial charge in [0, 0.05) is 17.2 Å². The van der Waals surface area contributed by atoms with Gasteiger partial charge in [-0.25, -0.2) is 14.4 Å². The van der Waals surface area contributed by atoms with Crippen LogP contribution in [0.25, 0.3) is 0 Å². The second-order valence-electron chi connectivity index (χ2n) is 6.27. The van der Waals surface area contributed by atoms with Crippen LogP contribution in [0.5, 0.6) is 0 Å². The van der Waals surface area contributed by atoms with Gasteiger partial charge in [0.2, 0.25) is 0 Å². The summed E-state index contributed by atoms with van der Waals surface area (Å²) in [6.45, 7) is 16.5. The molecule has 0 bridgehead atoms. The van der Waals surface area contributed by atoms with Gasteiger partial charge in [0.15, 0.2) is 0 Å². The van der Waals surface area contributed by atoms with Crippen LogP contribution in [0.2, 0.25) is 0 Å². The predicted molar refractivity (Wildman–Crippen MR) is 127 cm³/mol. The largest absolute Gasteiger partial charge is 0.478 e. The third-order valence-electron chi connectivity index (χ3n) is 3.01. The van der Waals surface area contributed by atoms with Crippen molar-refractivity contribution in [2.24, 2.45) is 0 Å². The van der Waals surface area contributed by atoms with Gasteiger partial charge in [-0.1, -0.05) is 19.7 Å². The number of aliphatic hydroxyl groups is 2. The van der Waals surface area contributed by atoms with E-state index in [0.29, 0.717) is 57.4 Å². The zero-order valence-corrected chi connectivity index (χ0v) is 20.7. The molecule has 0 fully saturated rings. The Bertz CT molecular complexity index is 589. The van der Waals surface area contributed by atoms with Gasteiger partial charge in [0.05, 0.1) is 66.1 Å². The van der Waals surface area contributed by atoms with E-state index in [1.54, 1.807) is 13.8 Å². The molecule has 0 aliphatic rings. The van der Waals surface area contributed by atoms with E-state index in [9.17, 15) is 14.4 Å². The second-order valence-corrected chi connectivity index (χ2v) is 6.27. The Balaban J connectivity index is -0.000000516. The molecular formula is C23H40O12. The number of aliphatic carboxylic acids is 1. The number of hydrogen-bond acceptors (Lipinski definition) is 11. The highest BCUT2D eigenvalue weighted by atomic mass is 16.6. The highest BCUT2D eigenvalue weighted by Crippen LogP contribution is 1.92. The minimum atomic E-state index is -0.981. The quantitative estimate of drug-likeness (QED) is 0.126. The lowest BCUT2D eigenvalue weighted by Crippen LogP contribution is -2.14. The summed E-state index contributed by atoms with van der Waals surface area (Å²) in [5.41, 5.74) is 0.748. The normalized spacial score (nSPS) is 9.49.